The van der Waals surface area contributed by atoms with Gasteiger partial charge in [0.1, 0.15) is 0 Å². The van der Waals surface area contributed by atoms with Gasteiger partial charge < -0.3 is 10.2 Å². The quantitative estimate of drug-likeness (QED) is 0.853. The molecular formula is C10H14ClN9. The number of H-pyrrole nitrogens is 1. The molecule has 0 spiro atoms. The fraction of sp³-hybridized carbons (Fsp3) is 0.600. The van der Waals surface area contributed by atoms with Crippen LogP contribution in [0.25, 0.3) is 0 Å². The molecule has 9 nitrogen and oxygen atoms in total. The Bertz CT molecular complexity index is 566. The van der Waals surface area contributed by atoms with Crippen molar-refractivity contribution in [2.75, 3.05) is 23.3 Å². The SMILES string of the molecule is CC(Nc1nc(Cl)nc(N2CCCC2)n1)c1nn[nH]n1. The minimum absolute atomic E-state index is 0.171. The van der Waals surface area contributed by atoms with E-state index in [1.165, 1.54) is 0 Å². The van der Waals surface area contributed by atoms with E-state index in [2.05, 4.69) is 45.8 Å². The van der Waals surface area contributed by atoms with Gasteiger partial charge in [-0.25, -0.2) is 0 Å². The predicted octanol–water partition coefficient (Wildman–Crippen LogP) is 0.811. The van der Waals surface area contributed by atoms with Crippen LogP contribution in [0.5, 0.6) is 0 Å². The summed E-state index contributed by atoms with van der Waals surface area (Å²) in [5.74, 6) is 1.54. The Hall–Kier alpha value is -2.03. The van der Waals surface area contributed by atoms with Crippen molar-refractivity contribution in [3.63, 3.8) is 0 Å². The number of aromatic amines is 1. The second kappa shape index (κ2) is 5.53. The summed E-state index contributed by atoms with van der Waals surface area (Å²) in [6.45, 7) is 3.78. The van der Waals surface area contributed by atoms with Gasteiger partial charge in [-0.15, -0.1) is 10.2 Å². The Labute approximate surface area is 120 Å². The molecule has 0 aromatic carbocycles. The van der Waals surface area contributed by atoms with Crippen LogP contribution in [-0.4, -0.2) is 48.7 Å². The van der Waals surface area contributed by atoms with Gasteiger partial charge in [0.05, 0.1) is 6.04 Å². The van der Waals surface area contributed by atoms with Crippen LogP contribution >= 0.6 is 11.6 Å². The maximum Gasteiger partial charge on any atom is 0.231 e. The summed E-state index contributed by atoms with van der Waals surface area (Å²) in [5.41, 5.74) is 0. The van der Waals surface area contributed by atoms with Crippen molar-refractivity contribution in [3.8, 4) is 0 Å². The monoisotopic (exact) mass is 295 g/mol. The van der Waals surface area contributed by atoms with E-state index in [0.717, 1.165) is 25.9 Å². The number of nitrogens with zero attached hydrogens (tertiary/aromatic N) is 7. The number of rotatable bonds is 4. The zero-order valence-electron chi connectivity index (χ0n) is 10.9. The third-order valence-electron chi connectivity index (χ3n) is 3.08. The smallest absolute Gasteiger partial charge is 0.231 e. The highest BCUT2D eigenvalue weighted by molar-refractivity contribution is 6.28. The second-order valence-corrected chi connectivity index (χ2v) is 4.90. The third kappa shape index (κ3) is 2.77. The lowest BCUT2D eigenvalue weighted by molar-refractivity contribution is 0.774. The molecule has 106 valence electrons. The van der Waals surface area contributed by atoms with Crippen molar-refractivity contribution >= 4 is 23.5 Å². The number of hydrogen-bond acceptors (Lipinski definition) is 8. The highest BCUT2D eigenvalue weighted by atomic mass is 35.5. The lowest BCUT2D eigenvalue weighted by Crippen LogP contribution is -2.22. The Kier molecular flexibility index (Phi) is 3.59. The molecule has 20 heavy (non-hydrogen) atoms. The third-order valence-corrected chi connectivity index (χ3v) is 3.25. The van der Waals surface area contributed by atoms with E-state index < -0.39 is 0 Å². The summed E-state index contributed by atoms with van der Waals surface area (Å²) in [4.78, 5) is 14.7. The Morgan fingerprint density at radius 3 is 2.75 bits per heavy atom. The zero-order valence-corrected chi connectivity index (χ0v) is 11.7. The summed E-state index contributed by atoms with van der Waals surface area (Å²) in [6, 6.07) is -0.182. The molecule has 2 aromatic heterocycles. The first-order valence-electron chi connectivity index (χ1n) is 6.39. The molecule has 0 amide bonds. The van der Waals surface area contributed by atoms with Crippen LogP contribution in [0.1, 0.15) is 31.6 Å². The molecule has 1 aliphatic heterocycles. The summed E-state index contributed by atoms with van der Waals surface area (Å²) in [7, 11) is 0. The molecule has 0 bridgehead atoms. The van der Waals surface area contributed by atoms with Crippen molar-refractivity contribution in [2.45, 2.75) is 25.8 Å². The van der Waals surface area contributed by atoms with Gasteiger partial charge in [0, 0.05) is 13.1 Å². The van der Waals surface area contributed by atoms with Crippen LogP contribution in [-0.2, 0) is 0 Å². The standard InChI is InChI=1S/C10H14ClN9/c1-6(7-16-18-19-17-7)12-9-13-8(11)14-10(15-9)20-4-2-3-5-20/h6H,2-5H2,1H3,(H,12,13,14,15)(H,16,17,18,19). The lowest BCUT2D eigenvalue weighted by atomic mass is 10.3. The Morgan fingerprint density at radius 1 is 1.25 bits per heavy atom. The number of hydrogen-bond donors (Lipinski definition) is 2. The summed E-state index contributed by atoms with van der Waals surface area (Å²) < 4.78 is 0. The molecule has 3 rings (SSSR count). The van der Waals surface area contributed by atoms with E-state index in [-0.39, 0.29) is 11.3 Å². The van der Waals surface area contributed by atoms with Crippen molar-refractivity contribution in [3.05, 3.63) is 11.1 Å². The van der Waals surface area contributed by atoms with Gasteiger partial charge in [-0.05, 0) is 31.4 Å². The topological polar surface area (TPSA) is 108 Å². The van der Waals surface area contributed by atoms with E-state index in [9.17, 15) is 0 Å². The van der Waals surface area contributed by atoms with Gasteiger partial charge in [0.25, 0.3) is 0 Å². The van der Waals surface area contributed by atoms with Crippen LogP contribution in [0.2, 0.25) is 5.28 Å². The Balaban J connectivity index is 1.79. The molecule has 3 heterocycles. The molecule has 1 saturated heterocycles. The highest BCUT2D eigenvalue weighted by Gasteiger charge is 2.18. The maximum absolute atomic E-state index is 5.96. The van der Waals surface area contributed by atoms with Gasteiger partial charge in [0.15, 0.2) is 5.82 Å². The number of anilines is 2. The molecule has 1 atom stereocenters. The van der Waals surface area contributed by atoms with Crippen LogP contribution in [0.4, 0.5) is 11.9 Å². The summed E-state index contributed by atoms with van der Waals surface area (Å²) >= 11 is 5.96. The van der Waals surface area contributed by atoms with E-state index in [4.69, 9.17) is 11.6 Å². The van der Waals surface area contributed by atoms with Gasteiger partial charge in [-0.3, -0.25) is 0 Å². The van der Waals surface area contributed by atoms with Crippen LogP contribution in [0.15, 0.2) is 0 Å². The van der Waals surface area contributed by atoms with E-state index in [1.54, 1.807) is 0 Å². The number of aromatic nitrogens is 7. The van der Waals surface area contributed by atoms with E-state index in [1.807, 2.05) is 6.92 Å². The fourth-order valence-electron chi connectivity index (χ4n) is 2.07. The zero-order chi connectivity index (χ0) is 13.9. The normalized spacial score (nSPS) is 16.4. The summed E-state index contributed by atoms with van der Waals surface area (Å²) in [6.07, 6.45) is 2.29. The van der Waals surface area contributed by atoms with Crippen molar-refractivity contribution in [1.82, 2.24) is 35.6 Å². The van der Waals surface area contributed by atoms with Gasteiger partial charge >= 0.3 is 0 Å². The molecule has 2 N–H and O–H groups in total. The highest BCUT2D eigenvalue weighted by Crippen LogP contribution is 2.20. The second-order valence-electron chi connectivity index (χ2n) is 4.56. The Morgan fingerprint density at radius 2 is 2.05 bits per heavy atom. The molecule has 0 saturated carbocycles. The number of nitrogens with one attached hydrogen (secondary N) is 2. The van der Waals surface area contributed by atoms with Crippen LogP contribution in [0, 0.1) is 0 Å². The fourth-order valence-corrected chi connectivity index (χ4v) is 2.23. The molecule has 0 radical (unpaired) electrons. The summed E-state index contributed by atoms with van der Waals surface area (Å²) in [5, 5.41) is 17.0. The van der Waals surface area contributed by atoms with Gasteiger partial charge in [-0.2, -0.15) is 20.2 Å². The average molecular weight is 296 g/mol. The first kappa shape index (κ1) is 13.0. The van der Waals surface area contributed by atoms with Crippen molar-refractivity contribution in [1.29, 1.82) is 0 Å². The van der Waals surface area contributed by atoms with Crippen LogP contribution in [0.3, 0.4) is 0 Å². The minimum Gasteiger partial charge on any atom is -0.344 e. The average Bonchev–Trinajstić information content (AvgIpc) is 3.12. The molecule has 1 fully saturated rings. The first-order chi connectivity index (χ1) is 9.72. The molecular weight excluding hydrogens is 282 g/mol. The molecule has 0 aliphatic carbocycles. The lowest BCUT2D eigenvalue weighted by Gasteiger charge is -2.16. The van der Waals surface area contributed by atoms with Gasteiger partial charge in [0.2, 0.25) is 17.2 Å². The van der Waals surface area contributed by atoms with E-state index >= 15 is 0 Å². The molecule has 10 heteroatoms. The van der Waals surface area contributed by atoms with Crippen LogP contribution < -0.4 is 10.2 Å². The minimum atomic E-state index is -0.182. The van der Waals surface area contributed by atoms with E-state index in [0.29, 0.717) is 17.7 Å². The van der Waals surface area contributed by atoms with Crippen molar-refractivity contribution < 1.29 is 0 Å². The molecule has 2 aromatic rings. The number of tetrazole rings is 1. The largest absolute Gasteiger partial charge is 0.344 e. The van der Waals surface area contributed by atoms with Crippen molar-refractivity contribution in [2.24, 2.45) is 0 Å². The van der Waals surface area contributed by atoms with Gasteiger partial charge in [-0.1, -0.05) is 5.21 Å². The molecule has 1 aliphatic rings. The maximum atomic E-state index is 5.96. The number of halogens is 1. The predicted molar refractivity (Wildman–Crippen MR) is 72.5 cm³/mol. The first-order valence-corrected chi connectivity index (χ1v) is 6.76. The molecule has 1 unspecified atom stereocenters.